The van der Waals surface area contributed by atoms with E-state index in [1.807, 2.05) is 4.90 Å². The third-order valence-electron chi connectivity index (χ3n) is 4.35. The van der Waals surface area contributed by atoms with E-state index in [1.54, 1.807) is 4.90 Å². The summed E-state index contributed by atoms with van der Waals surface area (Å²) in [6.45, 7) is 2.90. The van der Waals surface area contributed by atoms with Crippen molar-refractivity contribution >= 4 is 12.0 Å². The van der Waals surface area contributed by atoms with Crippen LogP contribution in [0, 0.1) is 11.8 Å². The first kappa shape index (κ1) is 15.1. The highest BCUT2D eigenvalue weighted by Crippen LogP contribution is 2.24. The summed E-state index contributed by atoms with van der Waals surface area (Å²) in [7, 11) is 0. The highest BCUT2D eigenvalue weighted by Gasteiger charge is 2.32. The lowest BCUT2D eigenvalue weighted by molar-refractivity contribution is -0.138. The molecule has 0 aromatic carbocycles. The maximum Gasteiger partial charge on any atom is 0.320 e. The maximum atomic E-state index is 12.4. The number of aliphatic hydroxyl groups excluding tert-OH is 1. The predicted molar refractivity (Wildman–Crippen MR) is 73.3 cm³/mol. The largest absolute Gasteiger partial charge is 0.481 e. The Labute approximate surface area is 119 Å². The molecular weight excluding hydrogens is 260 g/mol. The van der Waals surface area contributed by atoms with Gasteiger partial charge in [0.05, 0.1) is 0 Å². The average molecular weight is 284 g/mol. The molecule has 2 N–H and O–H groups in total. The highest BCUT2D eigenvalue weighted by molar-refractivity contribution is 5.75. The zero-order chi connectivity index (χ0) is 14.5. The fraction of sp³-hybridized carbons (Fsp3) is 0.857. The zero-order valence-corrected chi connectivity index (χ0v) is 11.8. The molecule has 0 radical (unpaired) electrons. The first-order chi connectivity index (χ1) is 9.60. The number of likely N-dealkylation sites (tertiary alicyclic amines) is 2. The molecule has 0 aliphatic carbocycles. The molecule has 6 heteroatoms. The van der Waals surface area contributed by atoms with E-state index in [2.05, 4.69) is 0 Å². The van der Waals surface area contributed by atoms with Crippen LogP contribution in [0.4, 0.5) is 4.79 Å². The van der Waals surface area contributed by atoms with Crippen molar-refractivity contribution in [3.8, 4) is 0 Å². The number of urea groups is 1. The van der Waals surface area contributed by atoms with E-state index in [-0.39, 0.29) is 25.0 Å². The Balaban J connectivity index is 1.83. The van der Waals surface area contributed by atoms with Crippen LogP contribution in [0.15, 0.2) is 0 Å². The number of carboxylic acids is 1. The molecule has 2 fully saturated rings. The van der Waals surface area contributed by atoms with Crippen molar-refractivity contribution in [1.29, 1.82) is 0 Å². The minimum atomic E-state index is -0.787. The van der Waals surface area contributed by atoms with Crippen molar-refractivity contribution in [1.82, 2.24) is 9.80 Å². The molecule has 2 rings (SSSR count). The number of hydrogen-bond donors (Lipinski definition) is 2. The number of carbonyl (C=O) groups excluding carboxylic acids is 1. The molecule has 0 saturated carbocycles. The van der Waals surface area contributed by atoms with Gasteiger partial charge in [0, 0.05) is 39.2 Å². The fourth-order valence-electron chi connectivity index (χ4n) is 3.28. The molecule has 0 aromatic heterocycles. The summed E-state index contributed by atoms with van der Waals surface area (Å²) in [6.07, 6.45) is 3.75. The Hall–Kier alpha value is -1.30. The van der Waals surface area contributed by atoms with E-state index in [0.29, 0.717) is 19.0 Å². The molecule has 6 nitrogen and oxygen atoms in total. The van der Waals surface area contributed by atoms with Crippen LogP contribution in [0.1, 0.15) is 32.1 Å². The Morgan fingerprint density at radius 3 is 2.45 bits per heavy atom. The van der Waals surface area contributed by atoms with Crippen LogP contribution >= 0.6 is 0 Å². The van der Waals surface area contributed by atoms with Gasteiger partial charge in [-0.15, -0.1) is 0 Å². The minimum Gasteiger partial charge on any atom is -0.481 e. The van der Waals surface area contributed by atoms with E-state index in [9.17, 15) is 9.59 Å². The fourth-order valence-corrected chi connectivity index (χ4v) is 3.28. The van der Waals surface area contributed by atoms with Crippen molar-refractivity contribution in [3.63, 3.8) is 0 Å². The molecule has 0 spiro atoms. The van der Waals surface area contributed by atoms with E-state index in [1.165, 1.54) is 0 Å². The van der Waals surface area contributed by atoms with E-state index in [4.69, 9.17) is 10.2 Å². The lowest BCUT2D eigenvalue weighted by Crippen LogP contribution is -2.47. The Kier molecular flexibility index (Phi) is 5.23. The molecule has 0 aromatic rings. The van der Waals surface area contributed by atoms with E-state index in [0.717, 1.165) is 38.8 Å². The number of carbonyl (C=O) groups is 2. The van der Waals surface area contributed by atoms with Gasteiger partial charge in [-0.05, 0) is 37.5 Å². The number of aliphatic carboxylic acids is 1. The van der Waals surface area contributed by atoms with Crippen LogP contribution in [-0.4, -0.2) is 64.8 Å². The van der Waals surface area contributed by atoms with Crippen LogP contribution in [0.25, 0.3) is 0 Å². The minimum absolute atomic E-state index is 0.0422. The number of piperidine rings is 1. The normalized spacial score (nSPS) is 26.9. The Morgan fingerprint density at radius 1 is 1.05 bits per heavy atom. The third-order valence-corrected chi connectivity index (χ3v) is 4.35. The van der Waals surface area contributed by atoms with Crippen molar-refractivity contribution in [3.05, 3.63) is 0 Å². The van der Waals surface area contributed by atoms with E-state index < -0.39 is 5.97 Å². The maximum absolute atomic E-state index is 12.4. The molecule has 2 unspecified atom stereocenters. The van der Waals surface area contributed by atoms with Gasteiger partial charge in [0.1, 0.15) is 0 Å². The number of amides is 2. The summed E-state index contributed by atoms with van der Waals surface area (Å²) in [5.74, 6) is -0.296. The summed E-state index contributed by atoms with van der Waals surface area (Å²) >= 11 is 0. The number of nitrogens with zero attached hydrogens (tertiary/aromatic N) is 2. The summed E-state index contributed by atoms with van der Waals surface area (Å²) < 4.78 is 0. The summed E-state index contributed by atoms with van der Waals surface area (Å²) in [6, 6.07) is 0.0422. The summed E-state index contributed by atoms with van der Waals surface area (Å²) in [5.41, 5.74) is 0. The van der Waals surface area contributed by atoms with E-state index >= 15 is 0 Å². The topological polar surface area (TPSA) is 81.1 Å². The van der Waals surface area contributed by atoms with Gasteiger partial charge < -0.3 is 20.0 Å². The zero-order valence-electron chi connectivity index (χ0n) is 11.8. The van der Waals surface area contributed by atoms with Crippen LogP contribution in [0.3, 0.4) is 0 Å². The van der Waals surface area contributed by atoms with Crippen LogP contribution in [0.5, 0.6) is 0 Å². The second-order valence-electron chi connectivity index (χ2n) is 5.95. The highest BCUT2D eigenvalue weighted by atomic mass is 16.4. The van der Waals surface area contributed by atoms with Crippen molar-refractivity contribution < 1.29 is 19.8 Å². The van der Waals surface area contributed by atoms with Gasteiger partial charge in [-0.1, -0.05) is 0 Å². The first-order valence-electron chi connectivity index (χ1n) is 7.46. The molecule has 20 heavy (non-hydrogen) atoms. The molecule has 2 heterocycles. The van der Waals surface area contributed by atoms with Gasteiger partial charge in [-0.3, -0.25) is 4.79 Å². The predicted octanol–water partition coefficient (Wildman–Crippen LogP) is 0.997. The Bertz CT molecular complexity index is 359. The Morgan fingerprint density at radius 2 is 1.75 bits per heavy atom. The van der Waals surface area contributed by atoms with Gasteiger partial charge in [-0.25, -0.2) is 4.79 Å². The average Bonchev–Trinajstić information content (AvgIpc) is 2.86. The van der Waals surface area contributed by atoms with Gasteiger partial charge in [0.2, 0.25) is 0 Å². The third kappa shape index (κ3) is 3.85. The summed E-state index contributed by atoms with van der Waals surface area (Å²) in [5, 5.41) is 17.8. The lowest BCUT2D eigenvalue weighted by Gasteiger charge is -2.35. The monoisotopic (exact) mass is 284 g/mol. The van der Waals surface area contributed by atoms with Gasteiger partial charge in [-0.2, -0.15) is 0 Å². The van der Waals surface area contributed by atoms with Crippen molar-refractivity contribution in [2.45, 2.75) is 32.1 Å². The number of carboxylic acid groups (broad SMARTS) is 1. The van der Waals surface area contributed by atoms with Crippen LogP contribution < -0.4 is 0 Å². The van der Waals surface area contributed by atoms with Crippen molar-refractivity contribution in [2.75, 3.05) is 32.8 Å². The van der Waals surface area contributed by atoms with Gasteiger partial charge in [0.15, 0.2) is 0 Å². The standard InChI is InChI=1S/C14H24N2O4/c17-7-4-11-2-1-5-15(9-11)14(20)16-6-3-12(10-16)8-13(18)19/h11-12,17H,1-10H2,(H,18,19). The number of rotatable bonds is 4. The van der Waals surface area contributed by atoms with Gasteiger partial charge >= 0.3 is 12.0 Å². The van der Waals surface area contributed by atoms with Crippen molar-refractivity contribution in [2.24, 2.45) is 11.8 Å². The van der Waals surface area contributed by atoms with Crippen LogP contribution in [0.2, 0.25) is 0 Å². The SMILES string of the molecule is O=C(O)CC1CCN(C(=O)N2CCCC(CCO)C2)C1. The second kappa shape index (κ2) is 6.92. The molecule has 2 atom stereocenters. The second-order valence-corrected chi connectivity index (χ2v) is 5.95. The van der Waals surface area contributed by atoms with Gasteiger partial charge in [0.25, 0.3) is 0 Å². The molecular formula is C14H24N2O4. The summed E-state index contributed by atoms with van der Waals surface area (Å²) in [4.78, 5) is 26.8. The lowest BCUT2D eigenvalue weighted by atomic mass is 9.95. The molecule has 114 valence electrons. The van der Waals surface area contributed by atoms with Crippen LogP contribution in [-0.2, 0) is 4.79 Å². The smallest absolute Gasteiger partial charge is 0.320 e. The molecule has 2 amide bonds. The first-order valence-corrected chi connectivity index (χ1v) is 7.46. The molecule has 2 saturated heterocycles. The quantitative estimate of drug-likeness (QED) is 0.807. The number of aliphatic hydroxyl groups is 1. The molecule has 2 aliphatic rings. The number of hydrogen-bond acceptors (Lipinski definition) is 3. The molecule has 0 bridgehead atoms. The molecule has 2 aliphatic heterocycles.